The van der Waals surface area contributed by atoms with Gasteiger partial charge >= 0.3 is 5.97 Å². The summed E-state index contributed by atoms with van der Waals surface area (Å²) in [6.45, 7) is 5.81. The van der Waals surface area contributed by atoms with Crippen LogP contribution in [0.1, 0.15) is 33.4 Å². The first kappa shape index (κ1) is 27.0. The number of nitrogens with zero attached hydrogens (tertiary/aromatic N) is 1. The molecule has 180 valence electrons. The Balaban J connectivity index is 3.03. The zero-order valence-electron chi connectivity index (χ0n) is 18.4. The largest absolute Gasteiger partial charge is 0.480 e. The Morgan fingerprint density at radius 2 is 1.56 bits per heavy atom. The first-order chi connectivity index (χ1) is 14.8. The van der Waals surface area contributed by atoms with Crippen molar-refractivity contribution in [2.45, 2.75) is 70.5 Å². The van der Waals surface area contributed by atoms with E-state index in [1.165, 1.54) is 26.4 Å². The molecule has 0 radical (unpaired) electrons. The molecule has 1 rings (SSSR count). The van der Waals surface area contributed by atoms with Gasteiger partial charge in [0.15, 0.2) is 6.04 Å². The summed E-state index contributed by atoms with van der Waals surface area (Å²) in [4.78, 5) is 55.8. The van der Waals surface area contributed by atoms with E-state index in [1.807, 2.05) is 0 Å². The predicted octanol–water partition coefficient (Wildman–Crippen LogP) is -2.76. The molecular formula is C19H32N6O7. The third-order valence-electron chi connectivity index (χ3n) is 4.73. The Bertz CT molecular complexity index is 781. The van der Waals surface area contributed by atoms with E-state index < -0.39 is 66.0 Å². The van der Waals surface area contributed by atoms with Gasteiger partial charge in [0, 0.05) is 18.3 Å². The average molecular weight is 457 g/mol. The summed E-state index contributed by atoms with van der Waals surface area (Å²) in [6.07, 6.45) is 0.304. The highest BCUT2D eigenvalue weighted by molar-refractivity contribution is 5.94. The fourth-order valence-corrected chi connectivity index (χ4v) is 2.73. The minimum atomic E-state index is -1.56. The topological polar surface area (TPSA) is 220 Å². The second kappa shape index (κ2) is 12.1. The van der Waals surface area contributed by atoms with E-state index >= 15 is 0 Å². The number of carboxylic acid groups (broad SMARTS) is 1. The molecule has 0 aliphatic carbocycles. The number of amides is 3. The van der Waals surface area contributed by atoms with E-state index in [0.29, 0.717) is 5.69 Å². The summed E-state index contributed by atoms with van der Waals surface area (Å²) >= 11 is 0. The number of nitrogens with one attached hydrogen (secondary N) is 4. The zero-order valence-corrected chi connectivity index (χ0v) is 18.4. The molecule has 6 atom stereocenters. The number of aliphatic hydroxyl groups excluding tert-OH is 2. The summed E-state index contributed by atoms with van der Waals surface area (Å²) in [5.74, 6) is -4.20. The van der Waals surface area contributed by atoms with Crippen LogP contribution in [0.2, 0.25) is 0 Å². The number of carboxylic acids is 1. The second-order valence-corrected chi connectivity index (χ2v) is 7.90. The molecule has 0 aliphatic heterocycles. The smallest absolute Gasteiger partial charge is 0.328 e. The molecule has 0 fully saturated rings. The monoisotopic (exact) mass is 456 g/mol. The SMILES string of the molecule is CC(C)C(NC(=O)C(Cc1cnc[nH]1)NC(=O)C(N)C(C)O)C(=O)NC(C(=O)O)C(C)O. The van der Waals surface area contributed by atoms with E-state index in [-0.39, 0.29) is 6.42 Å². The van der Waals surface area contributed by atoms with Crippen molar-refractivity contribution in [3.05, 3.63) is 18.2 Å². The van der Waals surface area contributed by atoms with Gasteiger partial charge in [0.05, 0.1) is 18.5 Å². The molecule has 32 heavy (non-hydrogen) atoms. The summed E-state index contributed by atoms with van der Waals surface area (Å²) < 4.78 is 0. The van der Waals surface area contributed by atoms with Gasteiger partial charge in [-0.15, -0.1) is 0 Å². The molecule has 1 heterocycles. The van der Waals surface area contributed by atoms with Crippen molar-refractivity contribution in [1.82, 2.24) is 25.9 Å². The summed E-state index contributed by atoms with van der Waals surface area (Å²) in [7, 11) is 0. The lowest BCUT2D eigenvalue weighted by Gasteiger charge is -2.27. The highest BCUT2D eigenvalue weighted by Gasteiger charge is 2.33. The van der Waals surface area contributed by atoms with Crippen LogP contribution in [-0.2, 0) is 25.6 Å². The lowest BCUT2D eigenvalue weighted by Crippen LogP contribution is -2.60. The molecule has 0 saturated heterocycles. The van der Waals surface area contributed by atoms with Gasteiger partial charge in [-0.25, -0.2) is 9.78 Å². The summed E-state index contributed by atoms with van der Waals surface area (Å²) in [5.41, 5.74) is 6.15. The number of aliphatic carboxylic acids is 1. The molecule has 13 heteroatoms. The first-order valence-corrected chi connectivity index (χ1v) is 10.1. The lowest BCUT2D eigenvalue weighted by molar-refractivity contribution is -0.145. The number of imidazole rings is 1. The van der Waals surface area contributed by atoms with Gasteiger partial charge in [-0.3, -0.25) is 14.4 Å². The standard InChI is InChI=1S/C19H32N6O7/c1-8(2)14(18(30)25-15(10(4)27)19(31)32)24-16(28)12(5-11-6-21-7-22-11)23-17(29)13(20)9(3)26/h6-10,12-15,26-27H,5,20H2,1-4H3,(H,21,22)(H,23,29)(H,24,28)(H,25,30)(H,31,32). The van der Waals surface area contributed by atoms with Crippen molar-refractivity contribution in [2.24, 2.45) is 11.7 Å². The van der Waals surface area contributed by atoms with Gasteiger partial charge in [-0.05, 0) is 19.8 Å². The van der Waals surface area contributed by atoms with Crippen molar-refractivity contribution in [1.29, 1.82) is 0 Å². The molecule has 0 spiro atoms. The van der Waals surface area contributed by atoms with Crippen LogP contribution >= 0.6 is 0 Å². The second-order valence-electron chi connectivity index (χ2n) is 7.90. The van der Waals surface area contributed by atoms with E-state index in [9.17, 15) is 34.5 Å². The first-order valence-electron chi connectivity index (χ1n) is 10.1. The number of aromatic nitrogens is 2. The minimum absolute atomic E-state index is 0.0119. The number of rotatable bonds is 12. The minimum Gasteiger partial charge on any atom is -0.480 e. The van der Waals surface area contributed by atoms with Crippen LogP contribution in [0.15, 0.2) is 12.5 Å². The van der Waals surface area contributed by atoms with E-state index in [1.54, 1.807) is 13.8 Å². The lowest BCUT2D eigenvalue weighted by atomic mass is 10.0. The van der Waals surface area contributed by atoms with E-state index in [4.69, 9.17) is 5.73 Å². The van der Waals surface area contributed by atoms with Crippen molar-refractivity contribution in [3.8, 4) is 0 Å². The van der Waals surface area contributed by atoms with Gasteiger partial charge in [0.25, 0.3) is 0 Å². The number of aromatic amines is 1. The van der Waals surface area contributed by atoms with Crippen molar-refractivity contribution in [3.63, 3.8) is 0 Å². The van der Waals surface area contributed by atoms with Crippen LogP contribution in [0.3, 0.4) is 0 Å². The van der Waals surface area contributed by atoms with E-state index in [0.717, 1.165) is 0 Å². The Morgan fingerprint density at radius 1 is 0.969 bits per heavy atom. The molecule has 6 unspecified atom stereocenters. The Labute approximate surface area is 185 Å². The Hall–Kier alpha value is -3.03. The third kappa shape index (κ3) is 7.90. The molecule has 13 nitrogen and oxygen atoms in total. The van der Waals surface area contributed by atoms with Crippen LogP contribution in [-0.4, -0.2) is 85.4 Å². The molecule has 0 bridgehead atoms. The Morgan fingerprint density at radius 3 is 2.00 bits per heavy atom. The highest BCUT2D eigenvalue weighted by atomic mass is 16.4. The van der Waals surface area contributed by atoms with Gasteiger partial charge in [-0.1, -0.05) is 13.8 Å². The average Bonchev–Trinajstić information content (AvgIpc) is 3.20. The number of nitrogens with two attached hydrogens (primary N) is 1. The van der Waals surface area contributed by atoms with Gasteiger partial charge < -0.3 is 42.0 Å². The Kier molecular flexibility index (Phi) is 10.2. The number of carbonyl (C=O) groups excluding carboxylic acids is 3. The molecule has 1 aromatic rings. The van der Waals surface area contributed by atoms with Crippen molar-refractivity contribution >= 4 is 23.7 Å². The van der Waals surface area contributed by atoms with Crippen LogP contribution < -0.4 is 21.7 Å². The van der Waals surface area contributed by atoms with Crippen LogP contribution in [0.5, 0.6) is 0 Å². The summed E-state index contributed by atoms with van der Waals surface area (Å²) in [5, 5.41) is 35.5. The van der Waals surface area contributed by atoms with Crippen LogP contribution in [0, 0.1) is 5.92 Å². The third-order valence-corrected chi connectivity index (χ3v) is 4.73. The van der Waals surface area contributed by atoms with Gasteiger partial charge in [-0.2, -0.15) is 0 Å². The van der Waals surface area contributed by atoms with Gasteiger partial charge in [0.1, 0.15) is 18.1 Å². The number of H-pyrrole nitrogens is 1. The molecular weight excluding hydrogens is 424 g/mol. The highest BCUT2D eigenvalue weighted by Crippen LogP contribution is 2.07. The maximum atomic E-state index is 13.0. The molecule has 0 saturated carbocycles. The molecule has 3 amide bonds. The number of aliphatic hydroxyl groups is 2. The molecule has 9 N–H and O–H groups in total. The number of hydrogen-bond acceptors (Lipinski definition) is 8. The predicted molar refractivity (Wildman–Crippen MR) is 112 cm³/mol. The zero-order chi connectivity index (χ0) is 24.6. The number of carbonyl (C=O) groups is 4. The van der Waals surface area contributed by atoms with Crippen LogP contribution in [0.4, 0.5) is 0 Å². The van der Waals surface area contributed by atoms with Crippen molar-refractivity contribution in [2.75, 3.05) is 0 Å². The normalized spacial score (nSPS) is 16.9. The van der Waals surface area contributed by atoms with E-state index in [2.05, 4.69) is 25.9 Å². The molecule has 0 aromatic carbocycles. The van der Waals surface area contributed by atoms with Crippen LogP contribution in [0.25, 0.3) is 0 Å². The number of hydrogen-bond donors (Lipinski definition) is 8. The maximum Gasteiger partial charge on any atom is 0.328 e. The quantitative estimate of drug-likeness (QED) is 0.163. The van der Waals surface area contributed by atoms with Gasteiger partial charge in [0.2, 0.25) is 17.7 Å². The fourth-order valence-electron chi connectivity index (χ4n) is 2.73. The van der Waals surface area contributed by atoms with Crippen molar-refractivity contribution < 1.29 is 34.5 Å². The molecule has 1 aromatic heterocycles. The maximum absolute atomic E-state index is 13.0. The molecule has 0 aliphatic rings. The fraction of sp³-hybridized carbons (Fsp3) is 0.632. The summed E-state index contributed by atoms with van der Waals surface area (Å²) in [6, 6.07) is -5.17.